The Hall–Kier alpha value is -8.02. The fourth-order valence-electron chi connectivity index (χ4n) is 16.1. The Balaban J connectivity index is 1.08. The fourth-order valence-corrected chi connectivity index (χ4v) is 16.1. The highest BCUT2D eigenvalue weighted by molar-refractivity contribution is 6.93. The molecule has 0 amide bonds. The standard InChI is InChI=1S/C79H75BN2O2/c1-74(2,3)49-30-33-64(52(38-49)48-24-18-15-19-25-48)81-66-42-55-51-26-20-21-27-67(51)83-72(55)69-56-39-53-54-40-60-62(77(8,9)36-34-75(60,4)5)43-58(54)79(12,13)59(53)44-65(56)82(50-31-28-47(29-32-50)46-22-16-14-17-23-46)80(70(66)69)73-71(81)57-41-61-63(45-68(57)84-73)78(10,11)37-35-76(61,6)7/h14-33,38-45H,34-37H2,1-13H3. The van der Waals surface area contributed by atoms with Crippen LogP contribution < -0.4 is 20.8 Å². The number of hydrogen-bond donors (Lipinski definition) is 0. The van der Waals surface area contributed by atoms with Crippen molar-refractivity contribution in [3.8, 4) is 44.5 Å². The molecule has 0 bridgehead atoms. The maximum Gasteiger partial charge on any atom is 0.376 e. The predicted molar refractivity (Wildman–Crippen MR) is 355 cm³/mol. The molecular weight excluding hydrogens is 1020 g/mol. The van der Waals surface area contributed by atoms with Crippen molar-refractivity contribution in [1.29, 1.82) is 0 Å². The third-order valence-electron chi connectivity index (χ3n) is 21.3. The molecule has 0 fully saturated rings. The van der Waals surface area contributed by atoms with Crippen LogP contribution in [0.2, 0.25) is 0 Å². The number of para-hydroxylation sites is 1. The zero-order chi connectivity index (χ0) is 57.9. The maximum atomic E-state index is 7.94. The first-order valence-electron chi connectivity index (χ1n) is 30.9. The topological polar surface area (TPSA) is 32.8 Å². The summed E-state index contributed by atoms with van der Waals surface area (Å²) in [6, 6.07) is 65.1. The fraction of sp³-hybridized carbons (Fsp3) is 0.291. The molecule has 0 spiro atoms. The Morgan fingerprint density at radius 2 is 0.988 bits per heavy atom. The summed E-state index contributed by atoms with van der Waals surface area (Å²) in [6.45, 7) is 31.2. The predicted octanol–water partition coefficient (Wildman–Crippen LogP) is 20.7. The van der Waals surface area contributed by atoms with E-state index < -0.39 is 6.85 Å². The van der Waals surface area contributed by atoms with E-state index in [-0.39, 0.29) is 32.5 Å². The van der Waals surface area contributed by atoms with E-state index in [2.05, 4.69) is 270 Å². The van der Waals surface area contributed by atoms with Crippen molar-refractivity contribution in [2.45, 2.75) is 148 Å². The lowest BCUT2D eigenvalue weighted by Gasteiger charge is -2.44. The quantitative estimate of drug-likeness (QED) is 0.164. The second-order valence-electron chi connectivity index (χ2n) is 29.8. The van der Waals surface area contributed by atoms with Crippen LogP contribution in [0.3, 0.4) is 0 Å². The van der Waals surface area contributed by atoms with E-state index in [1.165, 1.54) is 89.8 Å². The average Bonchev–Trinajstić information content (AvgIpc) is 2.23. The second kappa shape index (κ2) is 17.1. The van der Waals surface area contributed by atoms with Gasteiger partial charge in [-0.05, 0) is 192 Å². The SMILES string of the molecule is CC(C)(C)c1ccc(N2c3cc4c(oc5ccccc54)c4c3B(c3oc5cc6c(cc5c32)C(C)(C)CCC6(C)C)N(c2ccc(-c3ccccc3)cc2)c2cc3c(cc2-4)-c2cc4c(cc2C3(C)C)C(C)(C)CCC4(C)C)c(-c2ccccc2)c1. The van der Waals surface area contributed by atoms with Gasteiger partial charge in [0, 0.05) is 55.3 Å². The molecule has 11 aromatic rings. The van der Waals surface area contributed by atoms with Crippen LogP contribution in [0.1, 0.15) is 155 Å². The van der Waals surface area contributed by atoms with Crippen LogP contribution in [0.4, 0.5) is 28.4 Å². The summed E-state index contributed by atoms with van der Waals surface area (Å²) in [5.74, 6) is 0. The van der Waals surface area contributed by atoms with Crippen LogP contribution in [0.25, 0.3) is 77.4 Å². The summed E-state index contributed by atoms with van der Waals surface area (Å²) >= 11 is 0. The summed E-state index contributed by atoms with van der Waals surface area (Å²) in [6.07, 6.45) is 4.56. The van der Waals surface area contributed by atoms with Gasteiger partial charge in [0.1, 0.15) is 22.4 Å². The van der Waals surface area contributed by atoms with Gasteiger partial charge in [0.25, 0.3) is 0 Å². The largest absolute Gasteiger partial charge is 0.466 e. The minimum absolute atomic E-state index is 0.0250. The van der Waals surface area contributed by atoms with Gasteiger partial charge in [-0.15, -0.1) is 0 Å². The van der Waals surface area contributed by atoms with E-state index >= 15 is 0 Å². The molecule has 84 heavy (non-hydrogen) atoms. The first-order valence-corrected chi connectivity index (χ1v) is 30.9. The molecule has 2 aliphatic heterocycles. The average molecular weight is 1100 g/mol. The number of hydrogen-bond acceptors (Lipinski definition) is 4. The lowest BCUT2D eigenvalue weighted by Crippen LogP contribution is -2.61. The molecule has 16 rings (SSSR count). The Labute approximate surface area is 496 Å². The Bertz CT molecular complexity index is 4620. The Kier molecular flexibility index (Phi) is 10.5. The van der Waals surface area contributed by atoms with Crippen molar-refractivity contribution < 1.29 is 8.83 Å². The molecule has 4 nitrogen and oxygen atoms in total. The smallest absolute Gasteiger partial charge is 0.376 e. The van der Waals surface area contributed by atoms with Crippen LogP contribution in [0.15, 0.2) is 179 Å². The van der Waals surface area contributed by atoms with Gasteiger partial charge in [-0.3, -0.25) is 0 Å². The van der Waals surface area contributed by atoms with Gasteiger partial charge in [0.2, 0.25) is 0 Å². The first kappa shape index (κ1) is 51.6. The first-order chi connectivity index (χ1) is 40.0. The maximum absolute atomic E-state index is 7.94. The molecule has 5 aliphatic rings. The number of benzene rings is 9. The van der Waals surface area contributed by atoms with Gasteiger partial charge in [-0.1, -0.05) is 193 Å². The molecule has 0 saturated carbocycles. The van der Waals surface area contributed by atoms with Gasteiger partial charge in [-0.25, -0.2) is 0 Å². The molecule has 5 heteroatoms. The van der Waals surface area contributed by atoms with E-state index in [4.69, 9.17) is 8.83 Å². The molecule has 0 atom stereocenters. The molecule has 0 saturated heterocycles. The zero-order valence-corrected chi connectivity index (χ0v) is 51.3. The highest BCUT2D eigenvalue weighted by atomic mass is 16.3. The van der Waals surface area contributed by atoms with Crippen LogP contribution in [-0.2, 0) is 32.5 Å². The molecule has 0 radical (unpaired) electrons. The van der Waals surface area contributed by atoms with E-state index in [9.17, 15) is 0 Å². The lowest BCUT2D eigenvalue weighted by molar-refractivity contribution is 0.331. The minimum Gasteiger partial charge on any atom is -0.466 e. The zero-order valence-electron chi connectivity index (χ0n) is 51.3. The number of nitrogens with zero attached hydrogens (tertiary/aromatic N) is 2. The number of fused-ring (bicyclic) bond motifs is 15. The third-order valence-corrected chi connectivity index (χ3v) is 21.3. The van der Waals surface area contributed by atoms with Gasteiger partial charge in [0.15, 0.2) is 0 Å². The van der Waals surface area contributed by atoms with Crippen molar-refractivity contribution in [2.75, 3.05) is 9.71 Å². The molecule has 0 unspecified atom stereocenters. The summed E-state index contributed by atoms with van der Waals surface area (Å²) in [5.41, 5.74) is 29.7. The molecule has 4 heterocycles. The monoisotopic (exact) mass is 1090 g/mol. The van der Waals surface area contributed by atoms with Crippen LogP contribution in [0.5, 0.6) is 0 Å². The van der Waals surface area contributed by atoms with E-state index in [0.29, 0.717) is 0 Å². The van der Waals surface area contributed by atoms with Crippen molar-refractivity contribution in [3.63, 3.8) is 0 Å². The van der Waals surface area contributed by atoms with Gasteiger partial charge < -0.3 is 18.5 Å². The van der Waals surface area contributed by atoms with E-state index in [1.807, 2.05) is 0 Å². The van der Waals surface area contributed by atoms with Crippen LogP contribution in [-0.4, -0.2) is 6.85 Å². The number of anilines is 5. The highest BCUT2D eigenvalue weighted by Gasteiger charge is 2.52. The molecule has 9 aromatic carbocycles. The normalized spacial score (nSPS) is 18.0. The van der Waals surface area contributed by atoms with Crippen LogP contribution in [0, 0.1) is 0 Å². The highest BCUT2D eigenvalue weighted by Crippen LogP contribution is 2.60. The van der Waals surface area contributed by atoms with Gasteiger partial charge >= 0.3 is 6.85 Å². The summed E-state index contributed by atoms with van der Waals surface area (Å²) in [7, 11) is 0. The molecular formula is C79H75BN2O2. The molecule has 2 aromatic heterocycles. The molecule has 3 aliphatic carbocycles. The van der Waals surface area contributed by atoms with E-state index in [1.54, 1.807) is 0 Å². The molecule has 416 valence electrons. The minimum atomic E-state index is -0.396. The summed E-state index contributed by atoms with van der Waals surface area (Å²) in [4.78, 5) is 5.29. The van der Waals surface area contributed by atoms with Crippen molar-refractivity contribution in [2.24, 2.45) is 0 Å². The van der Waals surface area contributed by atoms with Gasteiger partial charge in [0.05, 0.1) is 11.4 Å². The van der Waals surface area contributed by atoms with E-state index in [0.717, 1.165) is 91.8 Å². The van der Waals surface area contributed by atoms with Crippen LogP contribution >= 0.6 is 0 Å². The van der Waals surface area contributed by atoms with Crippen molar-refractivity contribution in [3.05, 3.63) is 209 Å². The number of furan rings is 2. The van der Waals surface area contributed by atoms with Gasteiger partial charge in [-0.2, -0.15) is 0 Å². The van der Waals surface area contributed by atoms with Crippen molar-refractivity contribution in [1.82, 2.24) is 0 Å². The number of rotatable bonds is 4. The Morgan fingerprint density at radius 3 is 1.65 bits per heavy atom. The summed E-state index contributed by atoms with van der Waals surface area (Å²) in [5, 5.41) is 3.36. The second-order valence-corrected chi connectivity index (χ2v) is 29.8. The Morgan fingerprint density at radius 1 is 0.417 bits per heavy atom. The molecule has 0 N–H and O–H groups in total. The van der Waals surface area contributed by atoms with Crippen molar-refractivity contribution >= 4 is 79.3 Å². The third kappa shape index (κ3) is 7.20. The lowest BCUT2D eigenvalue weighted by atomic mass is 9.45. The summed E-state index contributed by atoms with van der Waals surface area (Å²) < 4.78 is 15.4.